The average Bonchev–Trinajstić information content (AvgIpc) is 2.93. The summed E-state index contributed by atoms with van der Waals surface area (Å²) in [5.74, 6) is 0.00650. The predicted octanol–water partition coefficient (Wildman–Crippen LogP) is 2.53. The molecule has 1 heterocycles. The summed E-state index contributed by atoms with van der Waals surface area (Å²) >= 11 is 1.53. The summed E-state index contributed by atoms with van der Waals surface area (Å²) in [6.45, 7) is 6.52. The quantitative estimate of drug-likeness (QED) is 0.764. The minimum Gasteiger partial charge on any atom is -0.395 e. The fourth-order valence-corrected chi connectivity index (χ4v) is 3.20. The second-order valence-corrected chi connectivity index (χ2v) is 6.94. The van der Waals surface area contributed by atoms with Crippen LogP contribution in [0.2, 0.25) is 0 Å². The number of nitrogens with one attached hydrogen (secondary N) is 1. The highest BCUT2D eigenvalue weighted by molar-refractivity contribution is 8.00. The molecule has 23 heavy (non-hydrogen) atoms. The zero-order valence-electron chi connectivity index (χ0n) is 13.7. The van der Waals surface area contributed by atoms with Crippen molar-refractivity contribution in [1.29, 1.82) is 0 Å². The first-order valence-electron chi connectivity index (χ1n) is 7.63. The lowest BCUT2D eigenvalue weighted by molar-refractivity contribution is -0.131. The second-order valence-electron chi connectivity index (χ2n) is 5.53. The van der Waals surface area contributed by atoms with E-state index in [1.54, 1.807) is 11.2 Å². The molecule has 5 nitrogen and oxygen atoms in total. The molecule has 1 aromatic carbocycles. The summed E-state index contributed by atoms with van der Waals surface area (Å²) in [4.78, 5) is 22.7. The molecule has 0 saturated carbocycles. The van der Waals surface area contributed by atoms with E-state index >= 15 is 0 Å². The van der Waals surface area contributed by atoms with Crippen molar-refractivity contribution < 1.29 is 9.90 Å². The molecule has 1 atom stereocenters. The predicted molar refractivity (Wildman–Crippen MR) is 92.3 cm³/mol. The SMILES string of the molecule is Cc1ccc(SC(C)C(=O)N(CCO)Cc2nc[nH]c2C)cc1. The molecule has 2 N–H and O–H groups in total. The zero-order chi connectivity index (χ0) is 16.8. The maximum Gasteiger partial charge on any atom is 0.236 e. The van der Waals surface area contributed by atoms with Crippen molar-refractivity contribution in [2.45, 2.75) is 37.5 Å². The molecule has 0 saturated heterocycles. The largest absolute Gasteiger partial charge is 0.395 e. The molecule has 0 radical (unpaired) electrons. The van der Waals surface area contributed by atoms with Gasteiger partial charge in [0.25, 0.3) is 0 Å². The van der Waals surface area contributed by atoms with E-state index in [1.807, 2.05) is 45.0 Å². The highest BCUT2D eigenvalue weighted by Gasteiger charge is 2.22. The molecule has 1 unspecified atom stereocenters. The summed E-state index contributed by atoms with van der Waals surface area (Å²) < 4.78 is 0. The van der Waals surface area contributed by atoms with E-state index in [-0.39, 0.29) is 17.8 Å². The van der Waals surface area contributed by atoms with E-state index in [9.17, 15) is 9.90 Å². The van der Waals surface area contributed by atoms with Gasteiger partial charge in [0, 0.05) is 17.1 Å². The molecular weight excluding hydrogens is 310 g/mol. The Balaban J connectivity index is 2.04. The number of aromatic amines is 1. The van der Waals surface area contributed by atoms with Crippen LogP contribution in [0.25, 0.3) is 0 Å². The van der Waals surface area contributed by atoms with Gasteiger partial charge in [-0.3, -0.25) is 4.79 Å². The number of amides is 1. The van der Waals surface area contributed by atoms with Gasteiger partial charge in [-0.15, -0.1) is 11.8 Å². The number of aryl methyl sites for hydroxylation is 2. The van der Waals surface area contributed by atoms with E-state index < -0.39 is 0 Å². The Morgan fingerprint density at radius 1 is 1.35 bits per heavy atom. The molecule has 0 aliphatic carbocycles. The number of hydrogen-bond donors (Lipinski definition) is 2. The van der Waals surface area contributed by atoms with Crippen molar-refractivity contribution in [3.8, 4) is 0 Å². The molecule has 0 aliphatic rings. The van der Waals surface area contributed by atoms with Gasteiger partial charge < -0.3 is 15.0 Å². The van der Waals surface area contributed by atoms with Crippen molar-refractivity contribution in [3.63, 3.8) is 0 Å². The number of nitrogens with zero attached hydrogens (tertiary/aromatic N) is 2. The van der Waals surface area contributed by atoms with Crippen LogP contribution in [0, 0.1) is 13.8 Å². The van der Waals surface area contributed by atoms with Gasteiger partial charge in [-0.05, 0) is 32.9 Å². The van der Waals surface area contributed by atoms with Crippen LogP contribution in [0.4, 0.5) is 0 Å². The third-order valence-corrected chi connectivity index (χ3v) is 4.74. The molecule has 2 aromatic rings. The lowest BCUT2D eigenvalue weighted by Crippen LogP contribution is -2.38. The standard InChI is InChI=1S/C17H23N3O2S/c1-12-4-6-15(7-5-12)23-14(3)17(22)20(8-9-21)10-16-13(2)18-11-19-16/h4-7,11,14,21H,8-10H2,1-3H3,(H,18,19). The monoisotopic (exact) mass is 333 g/mol. The maximum atomic E-state index is 12.7. The van der Waals surface area contributed by atoms with E-state index in [2.05, 4.69) is 9.97 Å². The van der Waals surface area contributed by atoms with Crippen LogP contribution in [-0.2, 0) is 11.3 Å². The Kier molecular flexibility index (Phi) is 6.24. The minimum absolute atomic E-state index is 0.00650. The number of rotatable bonds is 7. The molecule has 124 valence electrons. The van der Waals surface area contributed by atoms with E-state index in [1.165, 1.54) is 17.3 Å². The molecule has 0 bridgehead atoms. The summed E-state index contributed by atoms with van der Waals surface area (Å²) in [5, 5.41) is 9.04. The number of H-pyrrole nitrogens is 1. The van der Waals surface area contributed by atoms with Crippen LogP contribution in [0.5, 0.6) is 0 Å². The van der Waals surface area contributed by atoms with Gasteiger partial charge in [0.15, 0.2) is 0 Å². The van der Waals surface area contributed by atoms with Crippen LogP contribution in [0.1, 0.15) is 23.9 Å². The first-order valence-corrected chi connectivity index (χ1v) is 8.51. The first kappa shape index (κ1) is 17.6. The van der Waals surface area contributed by atoms with Crippen molar-refractivity contribution in [2.75, 3.05) is 13.2 Å². The fourth-order valence-electron chi connectivity index (χ4n) is 2.24. The van der Waals surface area contributed by atoms with E-state index in [0.29, 0.717) is 13.1 Å². The molecule has 1 amide bonds. The minimum atomic E-state index is -0.219. The topological polar surface area (TPSA) is 69.2 Å². The van der Waals surface area contributed by atoms with Gasteiger partial charge in [-0.25, -0.2) is 4.98 Å². The highest BCUT2D eigenvalue weighted by Crippen LogP contribution is 2.25. The van der Waals surface area contributed by atoms with Crippen molar-refractivity contribution in [2.24, 2.45) is 0 Å². The smallest absolute Gasteiger partial charge is 0.236 e. The molecule has 0 spiro atoms. The molecule has 6 heteroatoms. The van der Waals surface area contributed by atoms with Gasteiger partial charge in [0.2, 0.25) is 5.91 Å². The number of hydrogen-bond acceptors (Lipinski definition) is 4. The van der Waals surface area contributed by atoms with E-state index in [4.69, 9.17) is 0 Å². The van der Waals surface area contributed by atoms with Gasteiger partial charge in [0.1, 0.15) is 0 Å². The normalized spacial score (nSPS) is 12.2. The number of imidazole rings is 1. The summed E-state index contributed by atoms with van der Waals surface area (Å²) in [5.41, 5.74) is 2.98. The van der Waals surface area contributed by atoms with E-state index in [0.717, 1.165) is 16.3 Å². The van der Waals surface area contributed by atoms with Crippen LogP contribution in [0.3, 0.4) is 0 Å². The Labute approximate surface area is 141 Å². The zero-order valence-corrected chi connectivity index (χ0v) is 14.6. The Bertz CT molecular complexity index is 640. The lowest BCUT2D eigenvalue weighted by atomic mass is 10.2. The Morgan fingerprint density at radius 2 is 2.04 bits per heavy atom. The van der Waals surface area contributed by atoms with Gasteiger partial charge in [0.05, 0.1) is 30.4 Å². The first-order chi connectivity index (χ1) is 11.0. The number of aliphatic hydroxyl groups is 1. The molecule has 2 rings (SSSR count). The number of carbonyl (C=O) groups is 1. The van der Waals surface area contributed by atoms with Crippen molar-refractivity contribution >= 4 is 17.7 Å². The van der Waals surface area contributed by atoms with Crippen LogP contribution in [0.15, 0.2) is 35.5 Å². The number of aliphatic hydroxyl groups excluding tert-OH is 1. The maximum absolute atomic E-state index is 12.7. The lowest BCUT2D eigenvalue weighted by Gasteiger charge is -2.24. The van der Waals surface area contributed by atoms with Gasteiger partial charge >= 0.3 is 0 Å². The van der Waals surface area contributed by atoms with Crippen LogP contribution >= 0.6 is 11.8 Å². The molecular formula is C17H23N3O2S. The number of carbonyl (C=O) groups excluding carboxylic acids is 1. The number of aromatic nitrogens is 2. The second kappa shape index (κ2) is 8.17. The average molecular weight is 333 g/mol. The number of thioether (sulfide) groups is 1. The Hall–Kier alpha value is -1.79. The number of benzene rings is 1. The molecule has 0 fully saturated rings. The Morgan fingerprint density at radius 3 is 2.61 bits per heavy atom. The molecule has 0 aliphatic heterocycles. The van der Waals surface area contributed by atoms with Gasteiger partial charge in [-0.1, -0.05) is 17.7 Å². The van der Waals surface area contributed by atoms with Crippen LogP contribution < -0.4 is 0 Å². The van der Waals surface area contributed by atoms with Crippen molar-refractivity contribution in [3.05, 3.63) is 47.5 Å². The highest BCUT2D eigenvalue weighted by atomic mass is 32.2. The van der Waals surface area contributed by atoms with Gasteiger partial charge in [-0.2, -0.15) is 0 Å². The third-order valence-electron chi connectivity index (χ3n) is 3.64. The summed E-state index contributed by atoms with van der Waals surface area (Å²) in [6.07, 6.45) is 1.62. The third kappa shape index (κ3) is 4.84. The summed E-state index contributed by atoms with van der Waals surface area (Å²) in [6, 6.07) is 8.13. The van der Waals surface area contributed by atoms with Crippen LogP contribution in [-0.4, -0.2) is 44.3 Å². The fraction of sp³-hybridized carbons (Fsp3) is 0.412. The van der Waals surface area contributed by atoms with Crippen molar-refractivity contribution in [1.82, 2.24) is 14.9 Å². The molecule has 1 aromatic heterocycles. The summed E-state index contributed by atoms with van der Waals surface area (Å²) in [7, 11) is 0.